The maximum absolute atomic E-state index is 5.98. The fourth-order valence-electron chi connectivity index (χ4n) is 2.85. The highest BCUT2D eigenvalue weighted by Gasteiger charge is 2.09. The van der Waals surface area contributed by atoms with E-state index in [1.807, 2.05) is 48.5 Å². The van der Waals surface area contributed by atoms with E-state index in [0.717, 1.165) is 38.8 Å². The quantitative estimate of drug-likeness (QED) is 0.269. The van der Waals surface area contributed by atoms with Gasteiger partial charge in [0.1, 0.15) is 11.6 Å². The highest BCUT2D eigenvalue weighted by Crippen LogP contribution is 2.27. The Morgan fingerprint density at radius 1 is 1.00 bits per heavy atom. The third-order valence-corrected chi connectivity index (χ3v) is 5.49. The molecule has 0 aliphatic carbocycles. The molecule has 4 nitrogen and oxygen atoms in total. The number of hydrogen-bond donors (Lipinski definition) is 1. The lowest BCUT2D eigenvalue weighted by Crippen LogP contribution is -2.03. The van der Waals surface area contributed by atoms with Crippen LogP contribution in [0.15, 0.2) is 82.6 Å². The van der Waals surface area contributed by atoms with Crippen molar-refractivity contribution in [2.75, 3.05) is 5.32 Å². The summed E-state index contributed by atoms with van der Waals surface area (Å²) in [6, 6.07) is 22.0. The summed E-state index contributed by atoms with van der Waals surface area (Å²) >= 11 is 7.58. The lowest BCUT2D eigenvalue weighted by Gasteiger charge is -2.10. The normalized spacial score (nSPS) is 10.8. The van der Waals surface area contributed by atoms with E-state index in [1.54, 1.807) is 18.0 Å². The van der Waals surface area contributed by atoms with Crippen LogP contribution in [0.5, 0.6) is 0 Å². The van der Waals surface area contributed by atoms with E-state index in [0.29, 0.717) is 6.54 Å². The van der Waals surface area contributed by atoms with Gasteiger partial charge < -0.3 is 9.73 Å². The molecular weight excluding hydrogens is 402 g/mol. The lowest BCUT2D eigenvalue weighted by molar-refractivity contribution is 0.517. The van der Waals surface area contributed by atoms with Gasteiger partial charge in [-0.3, -0.25) is 0 Å². The predicted molar refractivity (Wildman–Crippen MR) is 119 cm³/mol. The largest absolute Gasteiger partial charge is 0.467 e. The van der Waals surface area contributed by atoms with Gasteiger partial charge in [-0.05, 0) is 42.8 Å². The number of nitrogens with zero attached hydrogens (tertiary/aromatic N) is 2. The van der Waals surface area contributed by atoms with Crippen LogP contribution in [0.1, 0.15) is 16.9 Å². The fourth-order valence-corrected chi connectivity index (χ4v) is 3.79. The molecule has 2 heterocycles. The SMILES string of the molecule is Cc1cccc(-c2cc(NCc3ccco3)nc(SCc3ccc(Cl)cc3)n2)c1. The van der Waals surface area contributed by atoms with Crippen LogP contribution < -0.4 is 5.32 Å². The lowest BCUT2D eigenvalue weighted by atomic mass is 10.1. The summed E-state index contributed by atoms with van der Waals surface area (Å²) in [5.74, 6) is 2.40. The number of aromatic nitrogens is 2. The molecule has 0 amide bonds. The van der Waals surface area contributed by atoms with Crippen LogP contribution >= 0.6 is 23.4 Å². The van der Waals surface area contributed by atoms with Gasteiger partial charge in [0.2, 0.25) is 0 Å². The van der Waals surface area contributed by atoms with Gasteiger partial charge in [-0.2, -0.15) is 0 Å². The van der Waals surface area contributed by atoms with Gasteiger partial charge in [0, 0.05) is 22.4 Å². The molecule has 4 rings (SSSR count). The predicted octanol–water partition coefficient (Wildman–Crippen LogP) is 6.60. The number of benzene rings is 2. The summed E-state index contributed by atoms with van der Waals surface area (Å²) in [4.78, 5) is 9.47. The molecule has 2 aromatic carbocycles. The first-order valence-electron chi connectivity index (χ1n) is 9.25. The molecule has 0 bridgehead atoms. The van der Waals surface area contributed by atoms with Crippen molar-refractivity contribution >= 4 is 29.2 Å². The van der Waals surface area contributed by atoms with Crippen LogP contribution in [0, 0.1) is 6.92 Å². The Bertz CT molecular complexity index is 1080. The van der Waals surface area contributed by atoms with Crippen molar-refractivity contribution in [2.45, 2.75) is 24.4 Å². The van der Waals surface area contributed by atoms with Crippen LogP contribution in [-0.2, 0) is 12.3 Å². The number of aryl methyl sites for hydroxylation is 1. The first kappa shape index (κ1) is 19.6. The van der Waals surface area contributed by atoms with E-state index < -0.39 is 0 Å². The molecule has 4 aromatic rings. The number of rotatable bonds is 7. The topological polar surface area (TPSA) is 51.0 Å². The number of halogens is 1. The molecule has 146 valence electrons. The summed E-state index contributed by atoms with van der Waals surface area (Å²) in [6.45, 7) is 2.65. The Balaban J connectivity index is 1.58. The molecule has 0 saturated heterocycles. The molecular formula is C23H20ClN3OS. The van der Waals surface area contributed by atoms with E-state index in [-0.39, 0.29) is 0 Å². The second kappa shape index (κ2) is 9.16. The Kier molecular flexibility index (Phi) is 6.17. The van der Waals surface area contributed by atoms with E-state index in [9.17, 15) is 0 Å². The Morgan fingerprint density at radius 2 is 1.86 bits per heavy atom. The Labute approximate surface area is 179 Å². The fraction of sp³-hybridized carbons (Fsp3) is 0.130. The molecule has 2 aromatic heterocycles. The van der Waals surface area contributed by atoms with Gasteiger partial charge in [-0.1, -0.05) is 59.3 Å². The number of thioether (sulfide) groups is 1. The third-order valence-electron chi connectivity index (χ3n) is 4.32. The number of anilines is 1. The zero-order valence-electron chi connectivity index (χ0n) is 15.9. The molecule has 1 N–H and O–H groups in total. The molecule has 0 radical (unpaired) electrons. The smallest absolute Gasteiger partial charge is 0.190 e. The average Bonchev–Trinajstić information content (AvgIpc) is 3.25. The molecule has 0 aliphatic rings. The van der Waals surface area contributed by atoms with Gasteiger partial charge in [0.25, 0.3) is 0 Å². The highest BCUT2D eigenvalue weighted by molar-refractivity contribution is 7.98. The minimum atomic E-state index is 0.568. The van der Waals surface area contributed by atoms with Crippen molar-refractivity contribution in [1.82, 2.24) is 9.97 Å². The molecule has 0 saturated carbocycles. The molecule has 6 heteroatoms. The first-order chi connectivity index (χ1) is 14.2. The van der Waals surface area contributed by atoms with E-state index in [2.05, 4.69) is 35.4 Å². The Hall–Kier alpha value is -2.76. The van der Waals surface area contributed by atoms with Crippen molar-refractivity contribution in [3.05, 3.63) is 94.9 Å². The molecule has 0 atom stereocenters. The standard InChI is InChI=1S/C23H20ClN3OS/c1-16-4-2-5-18(12-16)21-13-22(25-14-20-6-3-11-28-20)27-23(26-21)29-15-17-7-9-19(24)10-8-17/h2-13H,14-15H2,1H3,(H,25,26,27). The van der Waals surface area contributed by atoms with Gasteiger partial charge in [0.15, 0.2) is 5.16 Å². The zero-order valence-corrected chi connectivity index (χ0v) is 17.5. The van der Waals surface area contributed by atoms with Crippen molar-refractivity contribution < 1.29 is 4.42 Å². The van der Waals surface area contributed by atoms with Gasteiger partial charge >= 0.3 is 0 Å². The summed E-state index contributed by atoms with van der Waals surface area (Å²) < 4.78 is 5.41. The van der Waals surface area contributed by atoms with E-state index in [1.165, 1.54) is 11.1 Å². The van der Waals surface area contributed by atoms with Gasteiger partial charge in [-0.25, -0.2) is 9.97 Å². The Morgan fingerprint density at radius 3 is 2.62 bits per heavy atom. The number of furan rings is 1. The summed E-state index contributed by atoms with van der Waals surface area (Å²) in [6.07, 6.45) is 1.67. The number of hydrogen-bond acceptors (Lipinski definition) is 5. The molecule has 0 unspecified atom stereocenters. The minimum absolute atomic E-state index is 0.568. The molecule has 0 aliphatic heterocycles. The van der Waals surface area contributed by atoms with Gasteiger partial charge in [0.05, 0.1) is 18.5 Å². The van der Waals surface area contributed by atoms with Crippen LogP contribution in [0.4, 0.5) is 5.82 Å². The maximum atomic E-state index is 5.98. The van der Waals surface area contributed by atoms with Gasteiger partial charge in [-0.15, -0.1) is 0 Å². The van der Waals surface area contributed by atoms with Crippen LogP contribution in [0.2, 0.25) is 5.02 Å². The number of nitrogens with one attached hydrogen (secondary N) is 1. The van der Waals surface area contributed by atoms with Crippen molar-refractivity contribution in [2.24, 2.45) is 0 Å². The van der Waals surface area contributed by atoms with Crippen LogP contribution in [0.25, 0.3) is 11.3 Å². The third kappa shape index (κ3) is 5.40. The van der Waals surface area contributed by atoms with Crippen molar-refractivity contribution in [3.8, 4) is 11.3 Å². The summed E-state index contributed by atoms with van der Waals surface area (Å²) in [5.41, 5.74) is 4.33. The second-order valence-electron chi connectivity index (χ2n) is 6.64. The molecule has 29 heavy (non-hydrogen) atoms. The average molecular weight is 422 g/mol. The maximum Gasteiger partial charge on any atom is 0.190 e. The van der Waals surface area contributed by atoms with Crippen molar-refractivity contribution in [3.63, 3.8) is 0 Å². The van der Waals surface area contributed by atoms with E-state index in [4.69, 9.17) is 21.0 Å². The molecule has 0 fully saturated rings. The zero-order chi connectivity index (χ0) is 20.1. The van der Waals surface area contributed by atoms with E-state index >= 15 is 0 Å². The minimum Gasteiger partial charge on any atom is -0.467 e. The monoisotopic (exact) mass is 421 g/mol. The highest BCUT2D eigenvalue weighted by atomic mass is 35.5. The van der Waals surface area contributed by atoms with Crippen LogP contribution in [-0.4, -0.2) is 9.97 Å². The first-order valence-corrected chi connectivity index (χ1v) is 10.6. The second-order valence-corrected chi connectivity index (χ2v) is 8.02. The summed E-state index contributed by atoms with van der Waals surface area (Å²) in [5, 5.41) is 4.80. The molecule has 0 spiro atoms. The van der Waals surface area contributed by atoms with Crippen LogP contribution in [0.3, 0.4) is 0 Å². The van der Waals surface area contributed by atoms with Crippen molar-refractivity contribution in [1.29, 1.82) is 0 Å². The summed E-state index contributed by atoms with van der Waals surface area (Å²) in [7, 11) is 0.